The standard InChI is InChI=1S/C11H12IN3O/c12-11-14-10(8-3-7(4-8)6-16)9-5-13-1-2-15(9)11/h1-2,5,7-8,16H,3-4,6H2. The minimum absolute atomic E-state index is 0.303. The minimum atomic E-state index is 0.303. The number of fused-ring (bicyclic) bond motifs is 1. The van der Waals surface area contributed by atoms with Crippen molar-refractivity contribution in [1.82, 2.24) is 14.4 Å². The number of rotatable bonds is 2. The quantitative estimate of drug-likeness (QED) is 0.855. The Bertz CT molecular complexity index is 519. The third kappa shape index (κ3) is 1.53. The Hall–Kier alpha value is -0.690. The average molecular weight is 329 g/mol. The summed E-state index contributed by atoms with van der Waals surface area (Å²) in [7, 11) is 0. The Labute approximate surface area is 107 Å². The Morgan fingerprint density at radius 1 is 1.50 bits per heavy atom. The molecule has 0 aliphatic heterocycles. The van der Waals surface area contributed by atoms with Gasteiger partial charge in [-0.25, -0.2) is 4.98 Å². The van der Waals surface area contributed by atoms with Gasteiger partial charge in [0.1, 0.15) is 0 Å². The monoisotopic (exact) mass is 329 g/mol. The number of aliphatic hydroxyl groups is 1. The van der Waals surface area contributed by atoms with Gasteiger partial charge in [-0.15, -0.1) is 0 Å². The Balaban J connectivity index is 1.99. The van der Waals surface area contributed by atoms with Gasteiger partial charge in [0, 0.05) is 47.5 Å². The number of hydrogen-bond donors (Lipinski definition) is 1. The topological polar surface area (TPSA) is 50.4 Å². The van der Waals surface area contributed by atoms with Gasteiger partial charge in [0.15, 0.2) is 3.83 Å². The number of imidazole rings is 1. The smallest absolute Gasteiger partial charge is 0.176 e. The summed E-state index contributed by atoms with van der Waals surface area (Å²) in [4.78, 5) is 8.76. The molecule has 0 bridgehead atoms. The Morgan fingerprint density at radius 3 is 3.06 bits per heavy atom. The highest BCUT2D eigenvalue weighted by Gasteiger charge is 2.32. The molecule has 0 radical (unpaired) electrons. The van der Waals surface area contributed by atoms with Crippen LogP contribution in [0, 0.1) is 9.75 Å². The summed E-state index contributed by atoms with van der Waals surface area (Å²) in [6.45, 7) is 0.303. The van der Waals surface area contributed by atoms with Crippen molar-refractivity contribution in [3.05, 3.63) is 28.1 Å². The van der Waals surface area contributed by atoms with Crippen LogP contribution in [-0.2, 0) is 0 Å². The van der Waals surface area contributed by atoms with Crippen LogP contribution < -0.4 is 0 Å². The molecule has 1 fully saturated rings. The van der Waals surface area contributed by atoms with Crippen molar-refractivity contribution >= 4 is 28.1 Å². The van der Waals surface area contributed by atoms with Gasteiger partial charge in [0.25, 0.3) is 0 Å². The fourth-order valence-corrected chi connectivity index (χ4v) is 3.01. The molecular formula is C11H12IN3O. The maximum Gasteiger partial charge on any atom is 0.176 e. The van der Waals surface area contributed by atoms with Crippen LogP contribution in [0.3, 0.4) is 0 Å². The summed E-state index contributed by atoms with van der Waals surface area (Å²) in [6.07, 6.45) is 7.69. The minimum Gasteiger partial charge on any atom is -0.396 e. The summed E-state index contributed by atoms with van der Waals surface area (Å²) in [5.74, 6) is 0.968. The predicted molar refractivity (Wildman–Crippen MR) is 68.3 cm³/mol. The second-order valence-electron chi connectivity index (χ2n) is 4.31. The van der Waals surface area contributed by atoms with Crippen molar-refractivity contribution < 1.29 is 5.11 Å². The fraction of sp³-hybridized carbons (Fsp3) is 0.455. The van der Waals surface area contributed by atoms with E-state index in [1.54, 1.807) is 6.20 Å². The molecule has 84 valence electrons. The SMILES string of the molecule is OCC1CC(c2nc(I)n3ccncc23)C1. The highest BCUT2D eigenvalue weighted by molar-refractivity contribution is 14.1. The molecule has 0 unspecified atom stereocenters. The highest BCUT2D eigenvalue weighted by Crippen LogP contribution is 2.42. The zero-order valence-electron chi connectivity index (χ0n) is 8.67. The molecule has 4 nitrogen and oxygen atoms in total. The lowest BCUT2D eigenvalue weighted by Crippen LogP contribution is -2.25. The van der Waals surface area contributed by atoms with Gasteiger partial charge in [-0.3, -0.25) is 9.38 Å². The molecule has 0 amide bonds. The maximum atomic E-state index is 9.03. The second kappa shape index (κ2) is 3.96. The van der Waals surface area contributed by atoms with Crippen molar-refractivity contribution in [2.24, 2.45) is 5.92 Å². The first-order chi connectivity index (χ1) is 7.79. The molecule has 1 N–H and O–H groups in total. The van der Waals surface area contributed by atoms with E-state index in [0.717, 1.165) is 27.9 Å². The van der Waals surface area contributed by atoms with E-state index < -0.39 is 0 Å². The van der Waals surface area contributed by atoms with Crippen LogP contribution in [0.15, 0.2) is 18.6 Å². The van der Waals surface area contributed by atoms with E-state index in [-0.39, 0.29) is 0 Å². The second-order valence-corrected chi connectivity index (χ2v) is 5.28. The normalized spacial score (nSPS) is 24.6. The third-order valence-corrected chi connectivity index (χ3v) is 4.07. The van der Waals surface area contributed by atoms with Gasteiger partial charge >= 0.3 is 0 Å². The largest absolute Gasteiger partial charge is 0.396 e. The van der Waals surface area contributed by atoms with E-state index in [1.807, 2.05) is 12.4 Å². The van der Waals surface area contributed by atoms with E-state index >= 15 is 0 Å². The van der Waals surface area contributed by atoms with Gasteiger partial charge in [0.05, 0.1) is 17.4 Å². The number of aliphatic hydroxyl groups excluding tert-OH is 1. The molecule has 2 heterocycles. The molecule has 16 heavy (non-hydrogen) atoms. The molecule has 3 rings (SSSR count). The van der Waals surface area contributed by atoms with Crippen LogP contribution in [0.4, 0.5) is 0 Å². The third-order valence-electron chi connectivity index (χ3n) is 3.31. The maximum absolute atomic E-state index is 9.03. The first-order valence-corrected chi connectivity index (χ1v) is 6.45. The molecule has 1 aliphatic carbocycles. The molecule has 1 saturated carbocycles. The van der Waals surface area contributed by atoms with Crippen LogP contribution in [0.25, 0.3) is 5.52 Å². The van der Waals surface area contributed by atoms with Gasteiger partial charge in [-0.05, 0) is 18.8 Å². The number of hydrogen-bond acceptors (Lipinski definition) is 3. The summed E-state index contributed by atoms with van der Waals surface area (Å²) in [6, 6.07) is 0. The lowest BCUT2D eigenvalue weighted by Gasteiger charge is -2.32. The van der Waals surface area contributed by atoms with Crippen LogP contribution >= 0.6 is 22.6 Å². The lowest BCUT2D eigenvalue weighted by atomic mass is 9.73. The zero-order valence-corrected chi connectivity index (χ0v) is 10.8. The molecule has 1 aliphatic rings. The summed E-state index contributed by atoms with van der Waals surface area (Å²) in [5, 5.41) is 9.03. The molecule has 2 aromatic heterocycles. The van der Waals surface area contributed by atoms with Crippen LogP contribution in [-0.4, -0.2) is 26.1 Å². The van der Waals surface area contributed by atoms with Crippen molar-refractivity contribution in [2.45, 2.75) is 18.8 Å². The van der Waals surface area contributed by atoms with Crippen LogP contribution in [0.1, 0.15) is 24.5 Å². The van der Waals surface area contributed by atoms with E-state index in [2.05, 4.69) is 37.0 Å². The van der Waals surface area contributed by atoms with Crippen molar-refractivity contribution in [3.8, 4) is 0 Å². The molecule has 0 atom stereocenters. The number of nitrogens with zero attached hydrogens (tertiary/aromatic N) is 3. The van der Waals surface area contributed by atoms with Crippen molar-refractivity contribution in [2.75, 3.05) is 6.61 Å². The number of halogens is 1. The molecule has 2 aromatic rings. The first-order valence-electron chi connectivity index (χ1n) is 5.38. The van der Waals surface area contributed by atoms with E-state index in [1.165, 1.54) is 0 Å². The van der Waals surface area contributed by atoms with Gasteiger partial charge in [-0.2, -0.15) is 0 Å². The molecule has 5 heteroatoms. The summed E-state index contributed by atoms with van der Waals surface area (Å²) >= 11 is 2.24. The van der Waals surface area contributed by atoms with Gasteiger partial charge in [-0.1, -0.05) is 0 Å². The summed E-state index contributed by atoms with van der Waals surface area (Å²) in [5.41, 5.74) is 2.25. The molecule has 0 spiro atoms. The predicted octanol–water partition coefficient (Wildman–Crippen LogP) is 1.82. The fourth-order valence-electron chi connectivity index (χ4n) is 2.33. The summed E-state index contributed by atoms with van der Waals surface area (Å²) < 4.78 is 3.05. The van der Waals surface area contributed by atoms with E-state index in [0.29, 0.717) is 18.4 Å². The Kier molecular flexibility index (Phi) is 2.59. The molecule has 0 saturated heterocycles. The molecule has 0 aromatic carbocycles. The van der Waals surface area contributed by atoms with Gasteiger partial charge in [0.2, 0.25) is 0 Å². The zero-order chi connectivity index (χ0) is 11.1. The Morgan fingerprint density at radius 2 is 2.31 bits per heavy atom. The number of aromatic nitrogens is 3. The van der Waals surface area contributed by atoms with E-state index in [9.17, 15) is 0 Å². The average Bonchev–Trinajstić information content (AvgIpc) is 2.56. The highest BCUT2D eigenvalue weighted by atomic mass is 127. The van der Waals surface area contributed by atoms with Crippen molar-refractivity contribution in [3.63, 3.8) is 0 Å². The first kappa shape index (κ1) is 10.5. The van der Waals surface area contributed by atoms with Crippen molar-refractivity contribution in [1.29, 1.82) is 0 Å². The van der Waals surface area contributed by atoms with Crippen LogP contribution in [0.5, 0.6) is 0 Å². The van der Waals surface area contributed by atoms with E-state index in [4.69, 9.17) is 5.11 Å². The molecular weight excluding hydrogens is 317 g/mol. The lowest BCUT2D eigenvalue weighted by molar-refractivity contribution is 0.141. The van der Waals surface area contributed by atoms with Crippen LogP contribution in [0.2, 0.25) is 0 Å². The van der Waals surface area contributed by atoms with Gasteiger partial charge < -0.3 is 5.11 Å².